The fourth-order valence-electron chi connectivity index (χ4n) is 3.05. The molecular formula is C20H18N2O2. The molecule has 4 nitrogen and oxygen atoms in total. The van der Waals surface area contributed by atoms with Crippen molar-refractivity contribution < 1.29 is 9.53 Å². The highest BCUT2D eigenvalue weighted by Crippen LogP contribution is 2.20. The first kappa shape index (κ1) is 14.7. The zero-order valence-electron chi connectivity index (χ0n) is 13.3. The Bertz CT molecular complexity index is 864. The van der Waals surface area contributed by atoms with Crippen LogP contribution in [0.15, 0.2) is 66.7 Å². The Morgan fingerprint density at radius 3 is 2.67 bits per heavy atom. The Morgan fingerprint density at radius 2 is 1.79 bits per heavy atom. The fourth-order valence-corrected chi connectivity index (χ4v) is 3.05. The molecule has 0 N–H and O–H groups in total. The second-order valence-electron chi connectivity index (χ2n) is 5.98. The third-order valence-electron chi connectivity index (χ3n) is 4.30. The lowest BCUT2D eigenvalue weighted by Crippen LogP contribution is -2.31. The summed E-state index contributed by atoms with van der Waals surface area (Å²) in [5.41, 5.74) is 1.34. The number of fused-ring (bicyclic) bond motifs is 1. The maximum atomic E-state index is 12.7. The summed E-state index contributed by atoms with van der Waals surface area (Å²) in [4.78, 5) is 19.0. The molecule has 4 rings (SSSR count). The Morgan fingerprint density at radius 1 is 1.00 bits per heavy atom. The van der Waals surface area contributed by atoms with E-state index in [9.17, 15) is 4.79 Å². The summed E-state index contributed by atoms with van der Waals surface area (Å²) in [6, 6.07) is 21.3. The second-order valence-corrected chi connectivity index (χ2v) is 5.98. The van der Waals surface area contributed by atoms with Crippen molar-refractivity contribution in [3.05, 3.63) is 72.4 Å². The quantitative estimate of drug-likeness (QED) is 0.742. The third kappa shape index (κ3) is 2.95. The standard InChI is InChI=1S/C20H18N2O2/c23-20(19-11-10-15-6-4-5-9-18(15)21-19)22-13-12-17(14-22)24-16-7-2-1-3-8-16/h1-11,17H,12-14H2. The zero-order chi connectivity index (χ0) is 16.4. The fraction of sp³-hybridized carbons (Fsp3) is 0.200. The van der Waals surface area contributed by atoms with Crippen molar-refractivity contribution in [1.82, 2.24) is 9.88 Å². The number of rotatable bonds is 3. The highest BCUT2D eigenvalue weighted by Gasteiger charge is 2.28. The Hall–Kier alpha value is -2.88. The predicted octanol–water partition coefficient (Wildman–Crippen LogP) is 3.53. The molecule has 0 saturated carbocycles. The van der Waals surface area contributed by atoms with Gasteiger partial charge in [-0.05, 0) is 24.3 Å². The Labute approximate surface area is 140 Å². The molecule has 2 heterocycles. The highest BCUT2D eigenvalue weighted by atomic mass is 16.5. The first-order valence-electron chi connectivity index (χ1n) is 8.16. The molecule has 3 aromatic rings. The van der Waals surface area contributed by atoms with Crippen LogP contribution in [0.5, 0.6) is 5.75 Å². The summed E-state index contributed by atoms with van der Waals surface area (Å²) in [5.74, 6) is 0.820. The van der Waals surface area contributed by atoms with Crippen LogP contribution in [-0.2, 0) is 0 Å². The van der Waals surface area contributed by atoms with E-state index in [1.807, 2.05) is 65.6 Å². The van der Waals surface area contributed by atoms with Gasteiger partial charge in [-0.15, -0.1) is 0 Å². The van der Waals surface area contributed by atoms with Crippen molar-refractivity contribution in [2.24, 2.45) is 0 Å². The first-order chi connectivity index (χ1) is 11.8. The van der Waals surface area contributed by atoms with Gasteiger partial charge in [-0.1, -0.05) is 42.5 Å². The second kappa shape index (κ2) is 6.32. The molecule has 0 radical (unpaired) electrons. The lowest BCUT2D eigenvalue weighted by molar-refractivity contribution is 0.0767. The van der Waals surface area contributed by atoms with E-state index in [1.54, 1.807) is 6.07 Å². The van der Waals surface area contributed by atoms with E-state index < -0.39 is 0 Å². The monoisotopic (exact) mass is 318 g/mol. The van der Waals surface area contributed by atoms with Crippen LogP contribution in [0.2, 0.25) is 0 Å². The molecular weight excluding hydrogens is 300 g/mol. The van der Waals surface area contributed by atoms with Gasteiger partial charge in [-0.2, -0.15) is 0 Å². The third-order valence-corrected chi connectivity index (χ3v) is 4.30. The van der Waals surface area contributed by atoms with Gasteiger partial charge in [0.2, 0.25) is 0 Å². The number of benzene rings is 2. The molecule has 0 aliphatic carbocycles. The molecule has 1 saturated heterocycles. The topological polar surface area (TPSA) is 42.4 Å². The minimum atomic E-state index is -0.0279. The van der Waals surface area contributed by atoms with E-state index in [1.165, 1.54) is 0 Å². The lowest BCUT2D eigenvalue weighted by atomic mass is 10.2. The van der Waals surface area contributed by atoms with E-state index in [0.717, 1.165) is 23.1 Å². The maximum Gasteiger partial charge on any atom is 0.272 e. The number of ether oxygens (including phenoxy) is 1. The summed E-state index contributed by atoms with van der Waals surface area (Å²) < 4.78 is 5.95. The smallest absolute Gasteiger partial charge is 0.272 e. The van der Waals surface area contributed by atoms with E-state index in [2.05, 4.69) is 4.98 Å². The van der Waals surface area contributed by atoms with Crippen LogP contribution in [-0.4, -0.2) is 35.0 Å². The largest absolute Gasteiger partial charge is 0.489 e. The predicted molar refractivity (Wildman–Crippen MR) is 93.1 cm³/mol. The Kier molecular flexibility index (Phi) is 3.87. The molecule has 1 amide bonds. The molecule has 4 heteroatoms. The van der Waals surface area contributed by atoms with Gasteiger partial charge in [0.15, 0.2) is 0 Å². The average Bonchev–Trinajstić information content (AvgIpc) is 3.10. The minimum absolute atomic E-state index is 0.0279. The van der Waals surface area contributed by atoms with Crippen molar-refractivity contribution >= 4 is 16.8 Å². The molecule has 1 unspecified atom stereocenters. The number of hydrogen-bond donors (Lipinski definition) is 0. The number of aromatic nitrogens is 1. The van der Waals surface area contributed by atoms with E-state index >= 15 is 0 Å². The minimum Gasteiger partial charge on any atom is -0.489 e. The van der Waals surface area contributed by atoms with E-state index in [-0.39, 0.29) is 12.0 Å². The van der Waals surface area contributed by atoms with Crippen LogP contribution < -0.4 is 4.74 Å². The van der Waals surface area contributed by atoms with Crippen LogP contribution in [0.3, 0.4) is 0 Å². The van der Waals surface area contributed by atoms with Crippen LogP contribution in [0.1, 0.15) is 16.9 Å². The Balaban J connectivity index is 1.46. The van der Waals surface area contributed by atoms with Gasteiger partial charge < -0.3 is 9.64 Å². The molecule has 1 aromatic heterocycles. The van der Waals surface area contributed by atoms with Crippen molar-refractivity contribution in [2.75, 3.05) is 13.1 Å². The zero-order valence-corrected chi connectivity index (χ0v) is 13.3. The van der Waals surface area contributed by atoms with Crippen molar-refractivity contribution in [2.45, 2.75) is 12.5 Å². The summed E-state index contributed by atoms with van der Waals surface area (Å²) in [5, 5.41) is 1.04. The number of nitrogens with zero attached hydrogens (tertiary/aromatic N) is 2. The van der Waals surface area contributed by atoms with E-state index in [0.29, 0.717) is 18.8 Å². The van der Waals surface area contributed by atoms with Gasteiger partial charge in [-0.3, -0.25) is 4.79 Å². The molecule has 1 aliphatic heterocycles. The highest BCUT2D eigenvalue weighted by molar-refractivity contribution is 5.95. The number of para-hydroxylation sites is 2. The summed E-state index contributed by atoms with van der Waals surface area (Å²) in [6.45, 7) is 1.30. The van der Waals surface area contributed by atoms with Gasteiger partial charge in [0.1, 0.15) is 17.5 Å². The van der Waals surface area contributed by atoms with Crippen LogP contribution >= 0.6 is 0 Å². The maximum absolute atomic E-state index is 12.7. The molecule has 1 atom stereocenters. The van der Waals surface area contributed by atoms with Crippen molar-refractivity contribution in [3.8, 4) is 5.75 Å². The first-order valence-corrected chi connectivity index (χ1v) is 8.16. The summed E-state index contributed by atoms with van der Waals surface area (Å²) >= 11 is 0. The van der Waals surface area contributed by atoms with Gasteiger partial charge in [0.25, 0.3) is 5.91 Å². The number of hydrogen-bond acceptors (Lipinski definition) is 3. The number of amides is 1. The summed E-state index contributed by atoms with van der Waals surface area (Å²) in [7, 11) is 0. The van der Waals surface area contributed by atoms with Crippen molar-refractivity contribution in [1.29, 1.82) is 0 Å². The molecule has 1 aliphatic rings. The van der Waals surface area contributed by atoms with Gasteiger partial charge in [0.05, 0.1) is 12.1 Å². The molecule has 0 bridgehead atoms. The summed E-state index contributed by atoms with van der Waals surface area (Å²) in [6.07, 6.45) is 0.880. The molecule has 1 fully saturated rings. The number of carbonyl (C=O) groups is 1. The SMILES string of the molecule is O=C(c1ccc2ccccc2n1)N1CCC(Oc2ccccc2)C1. The molecule has 2 aromatic carbocycles. The lowest BCUT2D eigenvalue weighted by Gasteiger charge is -2.17. The molecule has 24 heavy (non-hydrogen) atoms. The average molecular weight is 318 g/mol. The number of likely N-dealkylation sites (tertiary alicyclic amines) is 1. The van der Waals surface area contributed by atoms with Crippen LogP contribution in [0.25, 0.3) is 10.9 Å². The van der Waals surface area contributed by atoms with Gasteiger partial charge >= 0.3 is 0 Å². The van der Waals surface area contributed by atoms with Gasteiger partial charge in [0, 0.05) is 18.4 Å². The van der Waals surface area contributed by atoms with Crippen LogP contribution in [0, 0.1) is 0 Å². The molecule has 120 valence electrons. The van der Waals surface area contributed by atoms with E-state index in [4.69, 9.17) is 4.74 Å². The van der Waals surface area contributed by atoms with Crippen LogP contribution in [0.4, 0.5) is 0 Å². The normalized spacial score (nSPS) is 17.2. The number of pyridine rings is 1. The number of carbonyl (C=O) groups excluding carboxylic acids is 1. The van der Waals surface area contributed by atoms with Crippen molar-refractivity contribution in [3.63, 3.8) is 0 Å². The molecule has 0 spiro atoms. The van der Waals surface area contributed by atoms with Gasteiger partial charge in [-0.25, -0.2) is 4.98 Å².